The van der Waals surface area contributed by atoms with Gasteiger partial charge in [0, 0.05) is 70.3 Å². The summed E-state index contributed by atoms with van der Waals surface area (Å²) < 4.78 is 41.7. The third-order valence-corrected chi connectivity index (χ3v) is 10.3. The largest absolute Gasteiger partial charge is 0.459 e. The van der Waals surface area contributed by atoms with Crippen LogP contribution in [0.1, 0.15) is 89.5 Å². The molecule has 16 heteroatoms. The summed E-state index contributed by atoms with van der Waals surface area (Å²) in [6.07, 6.45) is -4.99. The van der Waals surface area contributed by atoms with Crippen molar-refractivity contribution in [2.45, 2.75) is 117 Å². The normalized spacial score (nSPS) is 30.2. The number of fused-ring (bicyclic) bond motifs is 1. The fourth-order valence-corrected chi connectivity index (χ4v) is 7.99. The SMILES string of the molecule is C=C1C(OC(C)=O)C(OC(C)=O)C(OC(=O)c2cccnc2)C(C)(C)C=CC(C)C(OC(C)=O)[C@@]2(O)C[C@@](C)(OC(C)=O)C(OC(=O)c3ccccc3)[C@H]2C1OC(C)=O. The lowest BCUT2D eigenvalue weighted by Gasteiger charge is -2.46. The van der Waals surface area contributed by atoms with Crippen molar-refractivity contribution in [3.05, 3.63) is 90.3 Å². The molecule has 2 aliphatic carbocycles. The van der Waals surface area contributed by atoms with Crippen LogP contribution in [0, 0.1) is 17.3 Å². The molecule has 1 saturated carbocycles. The predicted octanol–water partition coefficient (Wildman–Crippen LogP) is 4.42. The Morgan fingerprint density at radius 3 is 1.76 bits per heavy atom. The Hall–Kier alpha value is -5.90. The first-order valence-electron chi connectivity index (χ1n) is 18.9. The Balaban J connectivity index is 2.13. The van der Waals surface area contributed by atoms with Crippen molar-refractivity contribution in [2.75, 3.05) is 0 Å². The summed E-state index contributed by atoms with van der Waals surface area (Å²) in [5, 5.41) is 13.3. The minimum Gasteiger partial charge on any atom is -0.459 e. The van der Waals surface area contributed by atoms with E-state index < -0.39 is 113 Å². The van der Waals surface area contributed by atoms with Gasteiger partial charge in [0.25, 0.3) is 0 Å². The number of hydrogen-bond acceptors (Lipinski definition) is 16. The Morgan fingerprint density at radius 2 is 1.22 bits per heavy atom. The van der Waals surface area contributed by atoms with Gasteiger partial charge in [0.05, 0.1) is 17.0 Å². The molecule has 1 fully saturated rings. The zero-order chi connectivity index (χ0) is 44.0. The molecule has 1 aromatic carbocycles. The lowest BCUT2D eigenvalue weighted by molar-refractivity contribution is -0.195. The Morgan fingerprint density at radius 1 is 0.678 bits per heavy atom. The van der Waals surface area contributed by atoms with Crippen molar-refractivity contribution >= 4 is 41.8 Å². The summed E-state index contributed by atoms with van der Waals surface area (Å²) in [6, 6.07) is 10.7. The van der Waals surface area contributed by atoms with Crippen LogP contribution in [0.4, 0.5) is 0 Å². The summed E-state index contributed by atoms with van der Waals surface area (Å²) >= 11 is 0. The molecule has 4 rings (SSSR count). The maximum Gasteiger partial charge on any atom is 0.340 e. The maximum absolute atomic E-state index is 13.9. The van der Waals surface area contributed by atoms with Crippen LogP contribution in [0.15, 0.2) is 79.2 Å². The molecule has 0 radical (unpaired) electrons. The van der Waals surface area contributed by atoms with Crippen LogP contribution in [-0.4, -0.2) is 99.7 Å². The molecule has 0 spiro atoms. The van der Waals surface area contributed by atoms with Crippen LogP contribution >= 0.6 is 0 Å². The Labute approximate surface area is 342 Å². The van der Waals surface area contributed by atoms with Crippen molar-refractivity contribution in [1.29, 1.82) is 0 Å². The highest BCUT2D eigenvalue weighted by Gasteiger charge is 2.70. The van der Waals surface area contributed by atoms with E-state index in [0.717, 1.165) is 34.6 Å². The van der Waals surface area contributed by atoms with Crippen LogP contribution in [0.2, 0.25) is 0 Å². The zero-order valence-corrected chi connectivity index (χ0v) is 34.5. The first kappa shape index (κ1) is 45.8. The van der Waals surface area contributed by atoms with Crippen molar-refractivity contribution in [2.24, 2.45) is 17.3 Å². The van der Waals surface area contributed by atoms with Crippen molar-refractivity contribution in [1.82, 2.24) is 4.98 Å². The van der Waals surface area contributed by atoms with E-state index in [2.05, 4.69) is 11.6 Å². The van der Waals surface area contributed by atoms with Crippen LogP contribution in [-0.2, 0) is 57.1 Å². The molecule has 59 heavy (non-hydrogen) atoms. The van der Waals surface area contributed by atoms with Gasteiger partial charge < -0.3 is 38.3 Å². The molecule has 1 heterocycles. The molecule has 1 N–H and O–H groups in total. The fraction of sp³-hybridized carbons (Fsp3) is 0.488. The minimum atomic E-state index is -2.42. The first-order valence-corrected chi connectivity index (χ1v) is 18.9. The minimum absolute atomic E-state index is 0.0211. The average Bonchev–Trinajstić information content (AvgIpc) is 3.36. The molecule has 2 aromatic rings. The van der Waals surface area contributed by atoms with Crippen LogP contribution in [0.3, 0.4) is 0 Å². The highest BCUT2D eigenvalue weighted by atomic mass is 16.6. The van der Waals surface area contributed by atoms with E-state index in [1.807, 2.05) is 0 Å². The summed E-state index contributed by atoms with van der Waals surface area (Å²) in [5.41, 5.74) is -5.96. The van der Waals surface area contributed by atoms with Crippen molar-refractivity contribution in [3.63, 3.8) is 0 Å². The zero-order valence-electron chi connectivity index (χ0n) is 34.5. The average molecular weight is 822 g/mol. The molecule has 0 amide bonds. The van der Waals surface area contributed by atoms with Crippen LogP contribution < -0.4 is 0 Å². The monoisotopic (exact) mass is 821 g/mol. The van der Waals surface area contributed by atoms with Gasteiger partial charge in [0.15, 0.2) is 24.4 Å². The molecule has 2 aliphatic rings. The molecule has 0 bridgehead atoms. The fourth-order valence-electron chi connectivity index (χ4n) is 7.99. The van der Waals surface area contributed by atoms with Crippen LogP contribution in [0.5, 0.6) is 0 Å². The highest BCUT2D eigenvalue weighted by molar-refractivity contribution is 5.90. The molecule has 318 valence electrons. The van der Waals surface area contributed by atoms with Gasteiger partial charge >= 0.3 is 41.8 Å². The lowest BCUT2D eigenvalue weighted by Crippen LogP contribution is -2.60. The van der Waals surface area contributed by atoms with E-state index in [-0.39, 0.29) is 16.7 Å². The number of rotatable bonds is 9. The van der Waals surface area contributed by atoms with Gasteiger partial charge in [-0.3, -0.25) is 29.0 Å². The molecule has 7 unspecified atom stereocenters. The highest BCUT2D eigenvalue weighted by Crippen LogP contribution is 2.54. The molecule has 1 aromatic heterocycles. The Bertz CT molecular complexity index is 1960. The van der Waals surface area contributed by atoms with Crippen LogP contribution in [0.25, 0.3) is 0 Å². The van der Waals surface area contributed by atoms with Gasteiger partial charge in [-0.15, -0.1) is 0 Å². The number of aliphatic hydroxyl groups is 1. The van der Waals surface area contributed by atoms with Gasteiger partial charge in [0.2, 0.25) is 0 Å². The number of carbonyl (C=O) groups excluding carboxylic acids is 7. The third-order valence-electron chi connectivity index (χ3n) is 10.3. The summed E-state index contributed by atoms with van der Waals surface area (Å²) in [4.78, 5) is 96.6. The number of esters is 7. The second-order valence-corrected chi connectivity index (χ2v) is 15.6. The van der Waals surface area contributed by atoms with Crippen molar-refractivity contribution in [3.8, 4) is 0 Å². The number of nitrogens with zero attached hydrogens (tertiary/aromatic N) is 1. The van der Waals surface area contributed by atoms with Gasteiger partial charge in [-0.1, -0.05) is 57.7 Å². The third kappa shape index (κ3) is 10.6. The molecule has 0 aliphatic heterocycles. The number of aromatic nitrogens is 1. The molecular formula is C43H51NO15. The molecular weight excluding hydrogens is 770 g/mol. The van der Waals surface area contributed by atoms with E-state index >= 15 is 0 Å². The van der Waals surface area contributed by atoms with E-state index in [0.29, 0.717) is 0 Å². The second-order valence-electron chi connectivity index (χ2n) is 15.6. The Kier molecular flexibility index (Phi) is 14.2. The second kappa shape index (κ2) is 18.4. The van der Waals surface area contributed by atoms with Gasteiger partial charge in [0.1, 0.15) is 23.4 Å². The number of pyridine rings is 1. The van der Waals surface area contributed by atoms with Gasteiger partial charge in [-0.25, -0.2) is 9.59 Å². The predicted molar refractivity (Wildman–Crippen MR) is 206 cm³/mol. The molecule has 16 nitrogen and oxygen atoms in total. The number of carbonyl (C=O) groups is 7. The first-order chi connectivity index (χ1) is 27.5. The molecule has 10 atom stereocenters. The number of ether oxygens (including phenoxy) is 7. The quantitative estimate of drug-likeness (QED) is 0.210. The number of hydrogen-bond donors (Lipinski definition) is 1. The van der Waals surface area contributed by atoms with E-state index in [1.165, 1.54) is 43.6 Å². The van der Waals surface area contributed by atoms with E-state index in [9.17, 15) is 38.7 Å². The smallest absolute Gasteiger partial charge is 0.340 e. The summed E-state index contributed by atoms with van der Waals surface area (Å²) in [7, 11) is 0. The maximum atomic E-state index is 13.9. The van der Waals surface area contributed by atoms with Gasteiger partial charge in [-0.05, 0) is 31.2 Å². The van der Waals surface area contributed by atoms with Crippen molar-refractivity contribution < 1.29 is 71.8 Å². The molecule has 0 saturated heterocycles. The van der Waals surface area contributed by atoms with E-state index in [1.54, 1.807) is 51.1 Å². The number of benzene rings is 1. The standard InChI is InChI=1S/C43H51NO15/c1-23-18-19-41(8,9)38(58-40(51)31-17-14-20-44-21-31)35(55-27(5)47)34(54-26(4)46)24(2)33(53-25(3)45)32-37(57-39(50)30-15-12-11-13-16-30)42(10,59-29(7)49)22-43(32,52)36(23)56-28(6)48/h11-21,23,32-38,52H,2,22H2,1,3-10H3/t23?,32-,33?,34?,35?,36?,37?,38?,42-,43-/m1/s1. The topological polar surface area (TPSA) is 217 Å². The lowest BCUT2D eigenvalue weighted by atomic mass is 9.71. The summed E-state index contributed by atoms with van der Waals surface area (Å²) in [6.45, 7) is 15.8. The summed E-state index contributed by atoms with van der Waals surface area (Å²) in [5.74, 6) is -9.04. The van der Waals surface area contributed by atoms with Gasteiger partial charge in [-0.2, -0.15) is 0 Å². The van der Waals surface area contributed by atoms with E-state index in [4.69, 9.17) is 33.2 Å².